The van der Waals surface area contributed by atoms with Crippen molar-refractivity contribution in [2.24, 2.45) is 0 Å². The van der Waals surface area contributed by atoms with E-state index >= 15 is 0 Å². The molecule has 0 atom stereocenters. The van der Waals surface area contributed by atoms with Crippen LogP contribution in [0.3, 0.4) is 0 Å². The van der Waals surface area contributed by atoms with E-state index in [1.165, 1.54) is 0 Å². The summed E-state index contributed by atoms with van der Waals surface area (Å²) >= 11 is 0. The van der Waals surface area contributed by atoms with Crippen molar-refractivity contribution in [1.82, 2.24) is 30.0 Å². The number of likely N-dealkylation sites (N-methyl/N-ethyl adjacent to an activating group) is 1. The minimum Gasteiger partial charge on any atom is -0.382 e. The van der Waals surface area contributed by atoms with Crippen molar-refractivity contribution in [3.63, 3.8) is 0 Å². The summed E-state index contributed by atoms with van der Waals surface area (Å²) in [6.07, 6.45) is 0. The molecule has 0 spiro atoms. The highest BCUT2D eigenvalue weighted by Gasteiger charge is 2.21. The Bertz CT molecular complexity index is 1440. The Morgan fingerprint density at radius 3 is 2.43 bits per heavy atom. The van der Waals surface area contributed by atoms with Crippen molar-refractivity contribution in [2.45, 2.75) is 47.7 Å². The van der Waals surface area contributed by atoms with E-state index in [4.69, 9.17) is 9.97 Å². The van der Waals surface area contributed by atoms with E-state index in [0.717, 1.165) is 70.1 Å². The molecule has 2 N–H and O–H groups in total. The number of rotatable bonds is 9. The molecule has 4 aromatic rings. The topological polar surface area (TPSA) is 88.0 Å². The minimum atomic E-state index is -0.0515. The molecule has 0 aliphatic carbocycles. The first-order chi connectivity index (χ1) is 17.7. The maximum Gasteiger partial charge on any atom is 0.254 e. The molecule has 3 heterocycles. The summed E-state index contributed by atoms with van der Waals surface area (Å²) in [6.45, 7) is 13.1. The fourth-order valence-corrected chi connectivity index (χ4v) is 4.65. The van der Waals surface area contributed by atoms with E-state index in [9.17, 15) is 4.79 Å². The summed E-state index contributed by atoms with van der Waals surface area (Å²) in [5.74, 6) is -0.0515. The molecule has 8 heteroatoms. The average molecular weight is 500 g/mol. The highest BCUT2D eigenvalue weighted by molar-refractivity contribution is 6.07. The van der Waals surface area contributed by atoms with Crippen LogP contribution >= 0.6 is 0 Å². The summed E-state index contributed by atoms with van der Waals surface area (Å²) in [7, 11) is 3.78. The zero-order valence-electron chi connectivity index (χ0n) is 22.9. The molecule has 0 saturated heterocycles. The number of hydrogen-bond acceptors (Lipinski definition) is 6. The highest BCUT2D eigenvalue weighted by Crippen LogP contribution is 2.28. The quantitative estimate of drug-likeness (QED) is 0.326. The van der Waals surface area contributed by atoms with Gasteiger partial charge in [-0.25, -0.2) is 9.97 Å². The molecular formula is C29H37N7O. The molecule has 3 aromatic heterocycles. The fourth-order valence-electron chi connectivity index (χ4n) is 4.65. The number of nitrogens with one attached hydrogen (secondary N) is 2. The van der Waals surface area contributed by atoms with Crippen LogP contribution in [-0.2, 0) is 13.1 Å². The van der Waals surface area contributed by atoms with Crippen LogP contribution < -0.4 is 10.6 Å². The Balaban J connectivity index is 1.72. The molecule has 0 radical (unpaired) electrons. The van der Waals surface area contributed by atoms with Crippen molar-refractivity contribution >= 4 is 22.5 Å². The lowest BCUT2D eigenvalue weighted by atomic mass is 10.0. The molecule has 0 bridgehead atoms. The average Bonchev–Trinajstić information content (AvgIpc) is 3.16. The third-order valence-corrected chi connectivity index (χ3v) is 6.81. The molecule has 37 heavy (non-hydrogen) atoms. The number of anilines is 1. The SMILES string of the molecule is CCn1nc(C)c(CN(C)C(=O)c2cc(-c3ccc(NCCNC)c(C)n3)nc3ccc(C)cc23)c1C. The van der Waals surface area contributed by atoms with Gasteiger partial charge in [-0.15, -0.1) is 0 Å². The Labute approximate surface area is 219 Å². The predicted octanol–water partition coefficient (Wildman–Crippen LogP) is 4.65. The first kappa shape index (κ1) is 26.3. The van der Waals surface area contributed by atoms with Gasteiger partial charge in [0.2, 0.25) is 0 Å². The van der Waals surface area contributed by atoms with Gasteiger partial charge < -0.3 is 15.5 Å². The van der Waals surface area contributed by atoms with E-state index in [1.807, 2.05) is 75.9 Å². The molecule has 0 fully saturated rings. The summed E-state index contributed by atoms with van der Waals surface area (Å²) in [5, 5.41) is 12.0. The maximum atomic E-state index is 13.9. The van der Waals surface area contributed by atoms with E-state index in [2.05, 4.69) is 29.6 Å². The third kappa shape index (κ3) is 5.49. The van der Waals surface area contributed by atoms with Gasteiger partial charge in [0.1, 0.15) is 0 Å². The molecular weight excluding hydrogens is 462 g/mol. The summed E-state index contributed by atoms with van der Waals surface area (Å²) in [4.78, 5) is 25.3. The van der Waals surface area contributed by atoms with Crippen molar-refractivity contribution in [3.05, 3.63) is 70.2 Å². The Morgan fingerprint density at radius 1 is 0.973 bits per heavy atom. The first-order valence-corrected chi connectivity index (χ1v) is 12.8. The molecule has 0 unspecified atom stereocenters. The molecule has 1 amide bonds. The van der Waals surface area contributed by atoms with Crippen LogP contribution in [0.5, 0.6) is 0 Å². The molecule has 8 nitrogen and oxygen atoms in total. The molecule has 4 rings (SSSR count). The highest BCUT2D eigenvalue weighted by atomic mass is 16.2. The number of pyridine rings is 2. The van der Waals surface area contributed by atoms with Gasteiger partial charge in [0.05, 0.1) is 39.5 Å². The predicted molar refractivity (Wildman–Crippen MR) is 150 cm³/mol. The third-order valence-electron chi connectivity index (χ3n) is 6.81. The number of amides is 1. The van der Waals surface area contributed by atoms with Gasteiger partial charge in [-0.2, -0.15) is 5.10 Å². The zero-order chi connectivity index (χ0) is 26.7. The molecule has 1 aromatic carbocycles. The van der Waals surface area contributed by atoms with Gasteiger partial charge in [0.15, 0.2) is 0 Å². The number of hydrogen-bond donors (Lipinski definition) is 2. The van der Waals surface area contributed by atoms with Crippen molar-refractivity contribution in [2.75, 3.05) is 32.5 Å². The van der Waals surface area contributed by atoms with Crippen LogP contribution in [0.2, 0.25) is 0 Å². The second-order valence-electron chi connectivity index (χ2n) is 9.56. The van der Waals surface area contributed by atoms with E-state index in [1.54, 1.807) is 4.90 Å². The van der Waals surface area contributed by atoms with Gasteiger partial charge >= 0.3 is 0 Å². The van der Waals surface area contributed by atoms with Gasteiger partial charge in [-0.1, -0.05) is 11.6 Å². The largest absolute Gasteiger partial charge is 0.382 e. The van der Waals surface area contributed by atoms with E-state index in [-0.39, 0.29) is 5.91 Å². The molecule has 194 valence electrons. The second kappa shape index (κ2) is 11.1. The molecule has 0 aliphatic rings. The number of aromatic nitrogens is 4. The van der Waals surface area contributed by atoms with E-state index < -0.39 is 0 Å². The number of fused-ring (bicyclic) bond motifs is 1. The minimum absolute atomic E-state index is 0.0515. The van der Waals surface area contributed by atoms with Crippen LogP contribution in [0.25, 0.3) is 22.3 Å². The van der Waals surface area contributed by atoms with E-state index in [0.29, 0.717) is 17.8 Å². The smallest absolute Gasteiger partial charge is 0.254 e. The van der Waals surface area contributed by atoms with Crippen molar-refractivity contribution in [3.8, 4) is 11.4 Å². The lowest BCUT2D eigenvalue weighted by Gasteiger charge is -2.19. The number of carbonyl (C=O) groups is 1. The Kier molecular flexibility index (Phi) is 7.88. The number of aryl methyl sites for hydroxylation is 4. The maximum absolute atomic E-state index is 13.9. The first-order valence-electron chi connectivity index (χ1n) is 12.8. The number of nitrogens with zero attached hydrogens (tertiary/aromatic N) is 5. The monoisotopic (exact) mass is 499 g/mol. The summed E-state index contributed by atoms with van der Waals surface area (Å²) < 4.78 is 1.98. The summed E-state index contributed by atoms with van der Waals surface area (Å²) in [5.41, 5.74) is 8.94. The molecule has 0 saturated carbocycles. The normalized spacial score (nSPS) is 11.2. The van der Waals surface area contributed by atoms with Crippen LogP contribution in [0, 0.1) is 27.7 Å². The van der Waals surface area contributed by atoms with Gasteiger partial charge in [-0.05, 0) is 72.0 Å². The van der Waals surface area contributed by atoms with Crippen molar-refractivity contribution in [1.29, 1.82) is 0 Å². The standard InChI is InChI=1S/C29H37N7O/c1-8-36-21(5)24(19(3)34-36)17-35(7)29(37)23-16-28(33-26-10-9-18(2)15-22(23)26)27-12-11-25(20(4)32-27)31-14-13-30-6/h9-12,15-16,30-31H,8,13-14,17H2,1-7H3. The lowest BCUT2D eigenvalue weighted by Crippen LogP contribution is -2.27. The second-order valence-corrected chi connectivity index (χ2v) is 9.56. The number of benzene rings is 1. The van der Waals surface area contributed by atoms with Crippen molar-refractivity contribution < 1.29 is 4.79 Å². The fraction of sp³-hybridized carbons (Fsp3) is 0.379. The number of carbonyl (C=O) groups excluding carboxylic acids is 1. The van der Waals surface area contributed by atoms with Crippen LogP contribution in [-0.4, -0.2) is 57.7 Å². The zero-order valence-corrected chi connectivity index (χ0v) is 22.9. The molecule has 0 aliphatic heterocycles. The van der Waals surface area contributed by atoms with Gasteiger partial charge in [0, 0.05) is 49.9 Å². The Hall–Kier alpha value is -3.78. The Morgan fingerprint density at radius 2 is 1.76 bits per heavy atom. The van der Waals surface area contributed by atoms with Gasteiger partial charge in [0.25, 0.3) is 5.91 Å². The van der Waals surface area contributed by atoms with Gasteiger partial charge in [-0.3, -0.25) is 9.48 Å². The van der Waals surface area contributed by atoms with Crippen LogP contribution in [0.1, 0.15) is 45.5 Å². The van der Waals surface area contributed by atoms with Crippen LogP contribution in [0.4, 0.5) is 5.69 Å². The summed E-state index contributed by atoms with van der Waals surface area (Å²) in [6, 6.07) is 11.9. The lowest BCUT2D eigenvalue weighted by molar-refractivity contribution is 0.0786. The van der Waals surface area contributed by atoms with Crippen LogP contribution in [0.15, 0.2) is 36.4 Å².